The van der Waals surface area contributed by atoms with Gasteiger partial charge in [0.2, 0.25) is 0 Å². The van der Waals surface area contributed by atoms with Gasteiger partial charge in [-0.2, -0.15) is 0 Å². The van der Waals surface area contributed by atoms with Gasteiger partial charge in [-0.05, 0) is 18.3 Å². The van der Waals surface area contributed by atoms with Crippen molar-refractivity contribution in [3.63, 3.8) is 0 Å². The molecule has 1 saturated carbocycles. The lowest BCUT2D eigenvalue weighted by Gasteiger charge is -2.45. The number of nitrogens with one attached hydrogen (secondary N) is 1. The number of hydrogen-bond acceptors (Lipinski definition) is 3. The van der Waals surface area contributed by atoms with Crippen LogP contribution in [0.2, 0.25) is 5.15 Å². The number of nitrogens with zero attached hydrogens (tertiary/aromatic N) is 2. The molecule has 76 valence electrons. The highest BCUT2D eigenvalue weighted by Gasteiger charge is 2.38. The van der Waals surface area contributed by atoms with Gasteiger partial charge < -0.3 is 5.32 Å². The smallest absolute Gasteiger partial charge is 0.147 e. The molecule has 2 rings (SSSR count). The summed E-state index contributed by atoms with van der Waals surface area (Å²) in [5, 5.41) is 3.80. The second kappa shape index (κ2) is 3.39. The van der Waals surface area contributed by atoms with E-state index >= 15 is 0 Å². The Morgan fingerprint density at radius 2 is 2.21 bits per heavy atom. The van der Waals surface area contributed by atoms with Gasteiger partial charge in [0.1, 0.15) is 11.0 Å². The van der Waals surface area contributed by atoms with E-state index in [0.717, 1.165) is 5.82 Å². The average molecular weight is 212 g/mol. The number of rotatable bonds is 2. The predicted molar refractivity (Wildman–Crippen MR) is 57.5 cm³/mol. The van der Waals surface area contributed by atoms with Gasteiger partial charge in [-0.25, -0.2) is 9.97 Å². The quantitative estimate of drug-likeness (QED) is 0.818. The molecule has 1 atom stereocenters. The molecule has 1 aromatic heterocycles. The Morgan fingerprint density at radius 3 is 2.64 bits per heavy atom. The van der Waals surface area contributed by atoms with Gasteiger partial charge in [0.05, 0.1) is 12.4 Å². The van der Waals surface area contributed by atoms with E-state index in [1.54, 1.807) is 12.4 Å². The van der Waals surface area contributed by atoms with Crippen LogP contribution >= 0.6 is 11.6 Å². The summed E-state index contributed by atoms with van der Waals surface area (Å²) in [6.07, 6.45) is 5.72. The molecule has 0 radical (unpaired) electrons. The molecule has 1 aromatic rings. The van der Waals surface area contributed by atoms with Crippen LogP contribution in [0.3, 0.4) is 0 Å². The van der Waals surface area contributed by atoms with E-state index in [9.17, 15) is 0 Å². The summed E-state index contributed by atoms with van der Waals surface area (Å²) in [7, 11) is 0. The molecule has 1 heterocycles. The molecule has 0 aliphatic heterocycles. The summed E-state index contributed by atoms with van der Waals surface area (Å²) >= 11 is 5.65. The zero-order valence-electron chi connectivity index (χ0n) is 8.42. The first kappa shape index (κ1) is 9.71. The molecule has 0 spiro atoms. The lowest BCUT2D eigenvalue weighted by Crippen LogP contribution is -2.45. The maximum absolute atomic E-state index is 5.65. The van der Waals surface area contributed by atoms with Crippen molar-refractivity contribution in [3.8, 4) is 0 Å². The van der Waals surface area contributed by atoms with E-state index in [4.69, 9.17) is 11.6 Å². The highest BCUT2D eigenvalue weighted by atomic mass is 35.5. The van der Waals surface area contributed by atoms with Crippen LogP contribution < -0.4 is 5.32 Å². The molecule has 1 unspecified atom stereocenters. The molecule has 14 heavy (non-hydrogen) atoms. The van der Waals surface area contributed by atoms with Gasteiger partial charge in [-0.15, -0.1) is 0 Å². The first-order valence-corrected chi connectivity index (χ1v) is 5.20. The standard InChI is InChI=1S/C10H14ClN3/c1-10(2)4-3-7(10)14-9-6-12-8(11)5-13-9/h5-7H,3-4H2,1-2H3,(H,13,14). The van der Waals surface area contributed by atoms with E-state index in [-0.39, 0.29) is 0 Å². The van der Waals surface area contributed by atoms with E-state index in [1.165, 1.54) is 12.8 Å². The summed E-state index contributed by atoms with van der Waals surface area (Å²) in [5.74, 6) is 0.812. The summed E-state index contributed by atoms with van der Waals surface area (Å²) in [6, 6.07) is 0.512. The Hall–Kier alpha value is -0.830. The Balaban J connectivity index is 2.01. The first-order valence-electron chi connectivity index (χ1n) is 4.82. The van der Waals surface area contributed by atoms with Gasteiger partial charge in [0.15, 0.2) is 0 Å². The molecular formula is C10H14ClN3. The van der Waals surface area contributed by atoms with E-state index in [1.807, 2.05) is 0 Å². The largest absolute Gasteiger partial charge is 0.366 e. The van der Waals surface area contributed by atoms with E-state index in [2.05, 4.69) is 29.1 Å². The minimum absolute atomic E-state index is 0.376. The molecule has 1 N–H and O–H groups in total. The second-order valence-corrected chi connectivity index (χ2v) is 4.84. The molecule has 1 fully saturated rings. The molecule has 0 saturated heterocycles. The minimum atomic E-state index is 0.376. The van der Waals surface area contributed by atoms with Crippen molar-refractivity contribution in [2.45, 2.75) is 32.7 Å². The number of hydrogen-bond donors (Lipinski definition) is 1. The van der Waals surface area contributed by atoms with E-state index in [0.29, 0.717) is 16.6 Å². The van der Waals surface area contributed by atoms with Gasteiger partial charge in [0.25, 0.3) is 0 Å². The van der Waals surface area contributed by atoms with Crippen LogP contribution in [0.15, 0.2) is 12.4 Å². The summed E-state index contributed by atoms with van der Waals surface area (Å²) in [4.78, 5) is 8.14. The first-order chi connectivity index (χ1) is 6.58. The van der Waals surface area contributed by atoms with Crippen LogP contribution in [-0.2, 0) is 0 Å². The molecule has 4 heteroatoms. The summed E-state index contributed by atoms with van der Waals surface area (Å²) in [6.45, 7) is 4.52. The predicted octanol–water partition coefficient (Wildman–Crippen LogP) is 2.73. The van der Waals surface area contributed by atoms with E-state index < -0.39 is 0 Å². The normalized spacial score (nSPS) is 24.1. The van der Waals surface area contributed by atoms with Crippen molar-refractivity contribution in [2.75, 3.05) is 5.32 Å². The van der Waals surface area contributed by atoms with Gasteiger partial charge in [-0.3, -0.25) is 0 Å². The molecular weight excluding hydrogens is 198 g/mol. The topological polar surface area (TPSA) is 37.8 Å². The highest BCUT2D eigenvalue weighted by molar-refractivity contribution is 6.29. The third-order valence-electron chi connectivity index (χ3n) is 2.96. The number of halogens is 1. The van der Waals surface area contributed by atoms with Crippen molar-refractivity contribution in [3.05, 3.63) is 17.5 Å². The van der Waals surface area contributed by atoms with Crippen molar-refractivity contribution in [1.82, 2.24) is 9.97 Å². The third-order valence-corrected chi connectivity index (χ3v) is 3.16. The minimum Gasteiger partial charge on any atom is -0.366 e. The fourth-order valence-electron chi connectivity index (χ4n) is 1.70. The lowest BCUT2D eigenvalue weighted by molar-refractivity contribution is 0.159. The monoisotopic (exact) mass is 211 g/mol. The molecule has 0 bridgehead atoms. The molecule has 3 nitrogen and oxygen atoms in total. The van der Waals surface area contributed by atoms with Crippen LogP contribution in [0.1, 0.15) is 26.7 Å². The molecule has 0 aromatic carbocycles. The summed E-state index contributed by atoms with van der Waals surface area (Å²) in [5.41, 5.74) is 0.376. The maximum atomic E-state index is 5.65. The van der Waals surface area contributed by atoms with Crippen molar-refractivity contribution >= 4 is 17.4 Å². The molecule has 1 aliphatic carbocycles. The third kappa shape index (κ3) is 1.82. The Labute approximate surface area is 88.9 Å². The van der Waals surface area contributed by atoms with Gasteiger partial charge in [-0.1, -0.05) is 25.4 Å². The van der Waals surface area contributed by atoms with Crippen molar-refractivity contribution in [1.29, 1.82) is 0 Å². The SMILES string of the molecule is CC1(C)CCC1Nc1cnc(Cl)cn1. The number of aromatic nitrogens is 2. The number of anilines is 1. The van der Waals surface area contributed by atoms with Crippen LogP contribution in [0, 0.1) is 5.41 Å². The Morgan fingerprint density at radius 1 is 1.43 bits per heavy atom. The van der Waals surface area contributed by atoms with Crippen LogP contribution in [0.4, 0.5) is 5.82 Å². The van der Waals surface area contributed by atoms with Gasteiger partial charge >= 0.3 is 0 Å². The maximum Gasteiger partial charge on any atom is 0.147 e. The Bertz CT molecular complexity index is 321. The molecule has 1 aliphatic rings. The fraction of sp³-hybridized carbons (Fsp3) is 0.600. The second-order valence-electron chi connectivity index (χ2n) is 4.45. The Kier molecular flexibility index (Phi) is 2.35. The van der Waals surface area contributed by atoms with Crippen LogP contribution in [-0.4, -0.2) is 16.0 Å². The van der Waals surface area contributed by atoms with Crippen molar-refractivity contribution < 1.29 is 0 Å². The zero-order valence-corrected chi connectivity index (χ0v) is 9.17. The van der Waals surface area contributed by atoms with Crippen LogP contribution in [0.25, 0.3) is 0 Å². The molecule has 0 amide bonds. The fourth-order valence-corrected chi connectivity index (χ4v) is 1.80. The average Bonchev–Trinajstić information content (AvgIpc) is 2.15. The van der Waals surface area contributed by atoms with Gasteiger partial charge in [0, 0.05) is 6.04 Å². The lowest BCUT2D eigenvalue weighted by atomic mass is 9.67. The van der Waals surface area contributed by atoms with Crippen LogP contribution in [0.5, 0.6) is 0 Å². The van der Waals surface area contributed by atoms with Crippen molar-refractivity contribution in [2.24, 2.45) is 5.41 Å². The highest BCUT2D eigenvalue weighted by Crippen LogP contribution is 2.41. The zero-order chi connectivity index (χ0) is 10.2. The summed E-state index contributed by atoms with van der Waals surface area (Å²) < 4.78 is 0.